The van der Waals surface area contributed by atoms with E-state index < -0.39 is 6.10 Å². The van der Waals surface area contributed by atoms with E-state index in [1.54, 1.807) is 6.92 Å². The van der Waals surface area contributed by atoms with E-state index in [9.17, 15) is 0 Å². The molecule has 0 aliphatic carbocycles. The summed E-state index contributed by atoms with van der Waals surface area (Å²) >= 11 is 0. The summed E-state index contributed by atoms with van der Waals surface area (Å²) in [7, 11) is 0. The van der Waals surface area contributed by atoms with Gasteiger partial charge in [0.25, 0.3) is 0 Å². The van der Waals surface area contributed by atoms with E-state index in [2.05, 4.69) is 0 Å². The molecule has 0 spiro atoms. The molecule has 0 radical (unpaired) electrons. The van der Waals surface area contributed by atoms with Crippen LogP contribution in [0.4, 0.5) is 0 Å². The average molecular weight is 204 g/mol. The maximum atomic E-state index is 8.63. The fourth-order valence-corrected chi connectivity index (χ4v) is 1.30. The maximum absolute atomic E-state index is 8.63. The van der Waals surface area contributed by atoms with E-state index in [4.69, 9.17) is 15.7 Å². The predicted molar refractivity (Wildman–Crippen MR) is 59.5 cm³/mol. The van der Waals surface area contributed by atoms with E-state index in [0.29, 0.717) is 0 Å². The Morgan fingerprint density at radius 3 is 2.53 bits per heavy atom. The van der Waals surface area contributed by atoms with Crippen LogP contribution in [0.5, 0.6) is 5.75 Å². The molecule has 80 valence electrons. The number of hydrogen-bond donors (Lipinski definition) is 1. The normalized spacial score (nSPS) is 14.1. The van der Waals surface area contributed by atoms with Crippen LogP contribution in [0.3, 0.4) is 0 Å². The second kappa shape index (κ2) is 4.81. The summed E-state index contributed by atoms with van der Waals surface area (Å²) in [6, 6.07) is 7.83. The van der Waals surface area contributed by atoms with Crippen LogP contribution in [-0.2, 0) is 0 Å². The number of hydrogen-bond acceptors (Lipinski definition) is 3. The summed E-state index contributed by atoms with van der Waals surface area (Å²) < 4.78 is 5.43. The predicted octanol–water partition coefficient (Wildman–Crippen LogP) is 2.31. The average Bonchev–Trinajstić information content (AvgIpc) is 2.20. The molecule has 3 heteroatoms. The largest absolute Gasteiger partial charge is 0.476 e. The molecule has 1 aromatic rings. The van der Waals surface area contributed by atoms with Crippen molar-refractivity contribution in [2.75, 3.05) is 0 Å². The van der Waals surface area contributed by atoms with Gasteiger partial charge >= 0.3 is 0 Å². The third-order valence-corrected chi connectivity index (χ3v) is 2.21. The van der Waals surface area contributed by atoms with Gasteiger partial charge in [-0.2, -0.15) is 5.26 Å². The van der Waals surface area contributed by atoms with Crippen LogP contribution in [0.15, 0.2) is 18.2 Å². The molecular weight excluding hydrogens is 188 g/mol. The lowest BCUT2D eigenvalue weighted by molar-refractivity contribution is 0.274. The van der Waals surface area contributed by atoms with Crippen LogP contribution in [0, 0.1) is 18.3 Å². The Bertz CT molecular complexity index is 380. The monoisotopic (exact) mass is 204 g/mol. The van der Waals surface area contributed by atoms with Gasteiger partial charge in [-0.3, -0.25) is 0 Å². The van der Waals surface area contributed by atoms with E-state index in [0.717, 1.165) is 16.9 Å². The van der Waals surface area contributed by atoms with Crippen molar-refractivity contribution < 1.29 is 4.74 Å². The Hall–Kier alpha value is -1.53. The van der Waals surface area contributed by atoms with Crippen molar-refractivity contribution in [3.05, 3.63) is 29.3 Å². The third-order valence-electron chi connectivity index (χ3n) is 2.21. The number of benzene rings is 1. The smallest absolute Gasteiger partial charge is 0.181 e. The molecule has 0 bridgehead atoms. The van der Waals surface area contributed by atoms with Gasteiger partial charge in [0, 0.05) is 6.04 Å². The molecule has 15 heavy (non-hydrogen) atoms. The van der Waals surface area contributed by atoms with Crippen molar-refractivity contribution in [1.29, 1.82) is 5.26 Å². The minimum atomic E-state index is -0.426. The molecule has 0 fully saturated rings. The second-order valence-corrected chi connectivity index (χ2v) is 3.70. The van der Waals surface area contributed by atoms with Crippen LogP contribution >= 0.6 is 0 Å². The third kappa shape index (κ3) is 2.97. The first-order chi connectivity index (χ1) is 7.04. The molecular formula is C12H16N2O. The molecule has 2 N–H and O–H groups in total. The Morgan fingerprint density at radius 2 is 2.07 bits per heavy atom. The number of aryl methyl sites for hydroxylation is 1. The van der Waals surface area contributed by atoms with Crippen molar-refractivity contribution in [3.8, 4) is 11.8 Å². The van der Waals surface area contributed by atoms with Crippen molar-refractivity contribution in [2.45, 2.75) is 32.9 Å². The Kier molecular flexibility index (Phi) is 3.70. The molecule has 2 unspecified atom stereocenters. The zero-order valence-corrected chi connectivity index (χ0v) is 9.32. The number of ether oxygens (including phenoxy) is 1. The first-order valence-electron chi connectivity index (χ1n) is 4.97. The lowest BCUT2D eigenvalue weighted by atomic mass is 10.1. The van der Waals surface area contributed by atoms with Crippen LogP contribution in [0.25, 0.3) is 0 Å². The fourth-order valence-electron chi connectivity index (χ4n) is 1.30. The molecule has 0 saturated heterocycles. The molecule has 0 aliphatic heterocycles. The second-order valence-electron chi connectivity index (χ2n) is 3.70. The highest BCUT2D eigenvalue weighted by Crippen LogP contribution is 2.22. The number of nitrogens with two attached hydrogens (primary N) is 1. The lowest BCUT2D eigenvalue weighted by Gasteiger charge is -2.13. The number of nitriles is 1. The van der Waals surface area contributed by atoms with Gasteiger partial charge in [0.05, 0.1) is 0 Å². The van der Waals surface area contributed by atoms with Crippen LogP contribution in [-0.4, -0.2) is 6.10 Å². The summed E-state index contributed by atoms with van der Waals surface area (Å²) in [6.07, 6.45) is -0.426. The van der Waals surface area contributed by atoms with Gasteiger partial charge in [-0.15, -0.1) is 0 Å². The molecule has 1 rings (SSSR count). The van der Waals surface area contributed by atoms with Gasteiger partial charge in [0.15, 0.2) is 6.10 Å². The van der Waals surface area contributed by atoms with Crippen molar-refractivity contribution in [3.63, 3.8) is 0 Å². The molecule has 0 amide bonds. The van der Waals surface area contributed by atoms with Crippen LogP contribution in [0.1, 0.15) is 31.0 Å². The van der Waals surface area contributed by atoms with Gasteiger partial charge < -0.3 is 10.5 Å². The SMILES string of the molecule is Cc1cc(C(C)N)ccc1OC(C)C#N. The topological polar surface area (TPSA) is 59.0 Å². The summed E-state index contributed by atoms with van der Waals surface area (Å²) in [5.41, 5.74) is 7.85. The van der Waals surface area contributed by atoms with Gasteiger partial charge in [0.1, 0.15) is 11.8 Å². The maximum Gasteiger partial charge on any atom is 0.181 e. The zero-order valence-electron chi connectivity index (χ0n) is 9.32. The molecule has 0 aromatic heterocycles. The van der Waals surface area contributed by atoms with Crippen LogP contribution < -0.4 is 10.5 Å². The van der Waals surface area contributed by atoms with E-state index >= 15 is 0 Å². The Morgan fingerprint density at radius 1 is 1.40 bits per heavy atom. The summed E-state index contributed by atoms with van der Waals surface area (Å²) in [4.78, 5) is 0. The minimum absolute atomic E-state index is 0.0196. The fraction of sp³-hybridized carbons (Fsp3) is 0.417. The van der Waals surface area contributed by atoms with E-state index in [-0.39, 0.29) is 6.04 Å². The molecule has 0 heterocycles. The van der Waals surface area contributed by atoms with E-state index in [1.165, 1.54) is 0 Å². The highest BCUT2D eigenvalue weighted by Gasteiger charge is 2.07. The summed E-state index contributed by atoms with van der Waals surface area (Å²) in [5.74, 6) is 0.744. The van der Waals surface area contributed by atoms with E-state index in [1.807, 2.05) is 38.1 Å². The van der Waals surface area contributed by atoms with Crippen molar-refractivity contribution in [1.82, 2.24) is 0 Å². The number of rotatable bonds is 3. The van der Waals surface area contributed by atoms with Crippen molar-refractivity contribution >= 4 is 0 Å². The molecule has 1 aromatic carbocycles. The molecule has 2 atom stereocenters. The number of nitrogens with zero attached hydrogens (tertiary/aromatic N) is 1. The first kappa shape index (κ1) is 11.5. The first-order valence-corrected chi connectivity index (χ1v) is 4.97. The quantitative estimate of drug-likeness (QED) is 0.821. The summed E-state index contributed by atoms with van der Waals surface area (Å²) in [6.45, 7) is 5.61. The Balaban J connectivity index is 2.89. The van der Waals surface area contributed by atoms with Gasteiger partial charge in [-0.1, -0.05) is 12.1 Å². The summed E-state index contributed by atoms with van der Waals surface area (Å²) in [5, 5.41) is 8.63. The standard InChI is InChI=1S/C12H16N2O/c1-8-6-11(10(3)14)4-5-12(8)15-9(2)7-13/h4-6,9-10H,14H2,1-3H3. The lowest BCUT2D eigenvalue weighted by Crippen LogP contribution is -2.10. The van der Waals surface area contributed by atoms with Crippen molar-refractivity contribution in [2.24, 2.45) is 5.73 Å². The highest BCUT2D eigenvalue weighted by molar-refractivity contribution is 5.37. The molecule has 0 saturated carbocycles. The Labute approximate surface area is 90.5 Å². The van der Waals surface area contributed by atoms with Gasteiger partial charge in [0.2, 0.25) is 0 Å². The van der Waals surface area contributed by atoms with Gasteiger partial charge in [-0.05, 0) is 38.0 Å². The zero-order chi connectivity index (χ0) is 11.4. The van der Waals surface area contributed by atoms with Gasteiger partial charge in [-0.25, -0.2) is 0 Å². The van der Waals surface area contributed by atoms with Crippen LogP contribution in [0.2, 0.25) is 0 Å². The highest BCUT2D eigenvalue weighted by atomic mass is 16.5. The minimum Gasteiger partial charge on any atom is -0.476 e. The molecule has 3 nitrogen and oxygen atoms in total. The molecule has 0 aliphatic rings.